The van der Waals surface area contributed by atoms with Gasteiger partial charge in [-0.15, -0.1) is 0 Å². The fraction of sp³-hybridized carbons (Fsp3) is 0.520. The quantitative estimate of drug-likeness (QED) is 0.443. The molecule has 0 fully saturated rings. The molecule has 2 aromatic rings. The number of hydrogen-bond donors (Lipinski definition) is 2. The van der Waals surface area contributed by atoms with Gasteiger partial charge in [-0.1, -0.05) is 70.5 Å². The van der Waals surface area contributed by atoms with Gasteiger partial charge in [0.05, 0.1) is 0 Å². The Morgan fingerprint density at radius 1 is 0.815 bits per heavy atom. The average Bonchev–Trinajstić information content (AvgIpc) is 2.69. The van der Waals surface area contributed by atoms with E-state index in [-0.39, 0.29) is 0 Å². The van der Waals surface area contributed by atoms with Crippen molar-refractivity contribution in [2.75, 3.05) is 13.1 Å². The molecule has 2 N–H and O–H groups in total. The van der Waals surface area contributed by atoms with Crippen molar-refractivity contribution in [3.05, 3.63) is 59.7 Å². The topological polar surface area (TPSA) is 24.1 Å². The lowest BCUT2D eigenvalue weighted by Crippen LogP contribution is -2.23. The Labute approximate surface area is 166 Å². The first-order valence-electron chi connectivity index (χ1n) is 10.7. The standard InChI is InChI=1S/C25H38N2/c1-6-8-15-26-25(7-2)24-14-10-13-23(17-24)22-12-9-11-21(16-22)20(5)27-18-19(3)4/h9-14,16-17,19-20,25-27H,6-8,15,18H2,1-5H3. The molecule has 148 valence electrons. The number of rotatable bonds is 11. The SMILES string of the molecule is CCCCNC(CC)c1cccc(-c2cccc(C(C)NCC(C)C)c2)c1. The lowest BCUT2D eigenvalue weighted by Gasteiger charge is -2.19. The van der Waals surface area contributed by atoms with Crippen LogP contribution < -0.4 is 10.6 Å². The Morgan fingerprint density at radius 2 is 1.44 bits per heavy atom. The van der Waals surface area contributed by atoms with E-state index in [9.17, 15) is 0 Å². The molecule has 2 nitrogen and oxygen atoms in total. The molecule has 2 heteroatoms. The number of nitrogens with one attached hydrogen (secondary N) is 2. The lowest BCUT2D eigenvalue weighted by atomic mass is 9.96. The zero-order valence-corrected chi connectivity index (χ0v) is 17.9. The second-order valence-electron chi connectivity index (χ2n) is 8.04. The van der Waals surface area contributed by atoms with Crippen LogP contribution in [0.1, 0.15) is 77.1 Å². The minimum Gasteiger partial charge on any atom is -0.310 e. The van der Waals surface area contributed by atoms with E-state index < -0.39 is 0 Å². The maximum absolute atomic E-state index is 3.71. The smallest absolute Gasteiger partial charge is 0.0317 e. The molecule has 0 radical (unpaired) electrons. The first-order chi connectivity index (χ1) is 13.0. The summed E-state index contributed by atoms with van der Waals surface area (Å²) in [6, 6.07) is 18.8. The molecule has 0 aliphatic heterocycles. The Hall–Kier alpha value is -1.64. The molecule has 2 aromatic carbocycles. The largest absolute Gasteiger partial charge is 0.310 e. The van der Waals surface area contributed by atoms with Gasteiger partial charge >= 0.3 is 0 Å². The van der Waals surface area contributed by atoms with Crippen molar-refractivity contribution in [2.45, 2.75) is 66.0 Å². The molecule has 0 heterocycles. The van der Waals surface area contributed by atoms with Crippen LogP contribution in [-0.2, 0) is 0 Å². The minimum absolute atomic E-state index is 0.370. The van der Waals surface area contributed by atoms with Gasteiger partial charge in [0, 0.05) is 12.1 Å². The molecule has 0 aromatic heterocycles. The van der Waals surface area contributed by atoms with Gasteiger partial charge in [0.15, 0.2) is 0 Å². The van der Waals surface area contributed by atoms with Crippen molar-refractivity contribution in [1.82, 2.24) is 10.6 Å². The Kier molecular flexibility index (Phi) is 9.03. The van der Waals surface area contributed by atoms with Gasteiger partial charge in [0.1, 0.15) is 0 Å². The molecule has 0 aliphatic carbocycles. The Morgan fingerprint density at radius 3 is 2.04 bits per heavy atom. The van der Waals surface area contributed by atoms with Crippen LogP contribution in [0, 0.1) is 5.92 Å². The van der Waals surface area contributed by atoms with Gasteiger partial charge in [-0.25, -0.2) is 0 Å². The summed E-state index contributed by atoms with van der Waals surface area (Å²) in [4.78, 5) is 0. The minimum atomic E-state index is 0.370. The predicted molar refractivity (Wildman–Crippen MR) is 119 cm³/mol. The molecule has 2 atom stereocenters. The molecule has 2 unspecified atom stereocenters. The highest BCUT2D eigenvalue weighted by Gasteiger charge is 2.11. The maximum atomic E-state index is 3.71. The number of benzene rings is 2. The molecule has 0 bridgehead atoms. The summed E-state index contributed by atoms with van der Waals surface area (Å²) in [5, 5.41) is 7.35. The predicted octanol–water partition coefficient (Wildman–Crippen LogP) is 6.50. The molecular weight excluding hydrogens is 328 g/mol. The summed E-state index contributed by atoms with van der Waals surface area (Å²) >= 11 is 0. The molecule has 0 saturated carbocycles. The van der Waals surface area contributed by atoms with Crippen LogP contribution >= 0.6 is 0 Å². The molecule has 0 saturated heterocycles. The highest BCUT2D eigenvalue weighted by Crippen LogP contribution is 2.27. The van der Waals surface area contributed by atoms with E-state index in [1.807, 2.05) is 0 Å². The van der Waals surface area contributed by atoms with Crippen molar-refractivity contribution in [2.24, 2.45) is 5.92 Å². The average molecular weight is 367 g/mol. The van der Waals surface area contributed by atoms with Crippen LogP contribution in [0.3, 0.4) is 0 Å². The zero-order chi connectivity index (χ0) is 19.6. The third-order valence-corrected chi connectivity index (χ3v) is 5.17. The third-order valence-electron chi connectivity index (χ3n) is 5.17. The summed E-state index contributed by atoms with van der Waals surface area (Å²) in [7, 11) is 0. The van der Waals surface area contributed by atoms with E-state index >= 15 is 0 Å². The highest BCUT2D eigenvalue weighted by atomic mass is 14.9. The first-order valence-corrected chi connectivity index (χ1v) is 10.7. The molecule has 2 rings (SSSR count). The van der Waals surface area contributed by atoms with Crippen molar-refractivity contribution < 1.29 is 0 Å². The van der Waals surface area contributed by atoms with Crippen LogP contribution in [0.5, 0.6) is 0 Å². The number of hydrogen-bond acceptors (Lipinski definition) is 2. The first kappa shape index (κ1) is 21.7. The van der Waals surface area contributed by atoms with Gasteiger partial charge < -0.3 is 10.6 Å². The Bertz CT molecular complexity index is 678. The second kappa shape index (κ2) is 11.3. The van der Waals surface area contributed by atoms with E-state index in [0.717, 1.165) is 19.5 Å². The van der Waals surface area contributed by atoms with E-state index in [2.05, 4.69) is 93.8 Å². The highest BCUT2D eigenvalue weighted by molar-refractivity contribution is 5.65. The monoisotopic (exact) mass is 366 g/mol. The lowest BCUT2D eigenvalue weighted by molar-refractivity contribution is 0.496. The van der Waals surface area contributed by atoms with Crippen LogP contribution in [-0.4, -0.2) is 13.1 Å². The van der Waals surface area contributed by atoms with Crippen molar-refractivity contribution in [3.8, 4) is 11.1 Å². The summed E-state index contributed by atoms with van der Waals surface area (Å²) < 4.78 is 0. The fourth-order valence-electron chi connectivity index (χ4n) is 3.40. The molecule has 27 heavy (non-hydrogen) atoms. The van der Waals surface area contributed by atoms with Crippen LogP contribution in [0.2, 0.25) is 0 Å². The van der Waals surface area contributed by atoms with Gasteiger partial charge in [-0.05, 0) is 73.2 Å². The van der Waals surface area contributed by atoms with E-state index in [0.29, 0.717) is 18.0 Å². The Balaban J connectivity index is 2.17. The normalized spacial score (nSPS) is 13.7. The summed E-state index contributed by atoms with van der Waals surface area (Å²) in [5.74, 6) is 0.665. The van der Waals surface area contributed by atoms with Crippen molar-refractivity contribution in [1.29, 1.82) is 0 Å². The van der Waals surface area contributed by atoms with Crippen molar-refractivity contribution >= 4 is 0 Å². The zero-order valence-electron chi connectivity index (χ0n) is 17.9. The summed E-state index contributed by atoms with van der Waals surface area (Å²) in [6.45, 7) is 13.4. The number of unbranched alkanes of at least 4 members (excludes halogenated alkanes) is 1. The maximum Gasteiger partial charge on any atom is 0.0317 e. The van der Waals surface area contributed by atoms with Gasteiger partial charge in [0.2, 0.25) is 0 Å². The van der Waals surface area contributed by atoms with E-state index in [4.69, 9.17) is 0 Å². The van der Waals surface area contributed by atoms with Crippen molar-refractivity contribution in [3.63, 3.8) is 0 Å². The van der Waals surface area contributed by atoms with Gasteiger partial charge in [-0.3, -0.25) is 0 Å². The summed E-state index contributed by atoms with van der Waals surface area (Å²) in [5.41, 5.74) is 5.35. The molecule has 0 amide bonds. The summed E-state index contributed by atoms with van der Waals surface area (Å²) in [6.07, 6.45) is 3.59. The van der Waals surface area contributed by atoms with Crippen LogP contribution in [0.25, 0.3) is 11.1 Å². The van der Waals surface area contributed by atoms with Gasteiger partial charge in [0.25, 0.3) is 0 Å². The van der Waals surface area contributed by atoms with E-state index in [1.165, 1.54) is 35.1 Å². The van der Waals surface area contributed by atoms with Gasteiger partial charge in [-0.2, -0.15) is 0 Å². The molecule has 0 aliphatic rings. The van der Waals surface area contributed by atoms with Crippen LogP contribution in [0.4, 0.5) is 0 Å². The molecular formula is C25H38N2. The molecule has 0 spiro atoms. The fourth-order valence-corrected chi connectivity index (χ4v) is 3.40. The third kappa shape index (κ3) is 6.79. The van der Waals surface area contributed by atoms with Crippen LogP contribution in [0.15, 0.2) is 48.5 Å². The van der Waals surface area contributed by atoms with E-state index in [1.54, 1.807) is 0 Å². The second-order valence-corrected chi connectivity index (χ2v) is 8.04.